The maximum atomic E-state index is 4.55. The van der Waals surface area contributed by atoms with E-state index in [1.54, 1.807) is 0 Å². The Hall–Kier alpha value is -0.890. The summed E-state index contributed by atoms with van der Waals surface area (Å²) in [5.41, 5.74) is 1.24. The number of hydrogen-bond acceptors (Lipinski definition) is 2. The number of rotatable bonds is 1. The summed E-state index contributed by atoms with van der Waals surface area (Å²) in [5.74, 6) is 0. The van der Waals surface area contributed by atoms with Gasteiger partial charge in [-0.05, 0) is 12.5 Å². The highest BCUT2D eigenvalue weighted by molar-refractivity contribution is 7.12. The Kier molecular flexibility index (Phi) is 2.09. The van der Waals surface area contributed by atoms with Gasteiger partial charge in [0.25, 0.3) is 0 Å². The number of fused-ring (bicyclic) bond motifs is 1. The quantitative estimate of drug-likeness (QED) is 0.642. The van der Waals surface area contributed by atoms with Crippen molar-refractivity contribution in [3.8, 4) is 0 Å². The highest BCUT2D eigenvalue weighted by Crippen LogP contribution is 2.22. The lowest BCUT2D eigenvalue weighted by Crippen LogP contribution is -1.84. The Morgan fingerprint density at radius 1 is 1.50 bits per heavy atom. The van der Waals surface area contributed by atoms with Crippen LogP contribution in [0, 0.1) is 0 Å². The van der Waals surface area contributed by atoms with E-state index in [1.165, 1.54) is 15.6 Å². The number of allylic oxidation sites excluding steroid dienone is 3. The van der Waals surface area contributed by atoms with Gasteiger partial charge in [0.1, 0.15) is 0 Å². The minimum Gasteiger partial charge on any atom is -0.245 e. The Morgan fingerprint density at radius 3 is 3.25 bits per heavy atom. The number of thiazole rings is 1. The van der Waals surface area contributed by atoms with Gasteiger partial charge < -0.3 is 0 Å². The predicted molar refractivity (Wildman–Crippen MR) is 53.4 cm³/mol. The molecule has 0 unspecified atom stereocenters. The van der Waals surface area contributed by atoms with Crippen LogP contribution < -0.4 is 0 Å². The maximum absolute atomic E-state index is 4.55. The van der Waals surface area contributed by atoms with Crippen LogP contribution in [0.1, 0.15) is 22.5 Å². The average molecular weight is 177 g/mol. The smallest absolute Gasteiger partial charge is 0.0931 e. The lowest BCUT2D eigenvalue weighted by Gasteiger charge is -1.87. The van der Waals surface area contributed by atoms with Gasteiger partial charge in [-0.2, -0.15) is 0 Å². The molecule has 0 saturated heterocycles. The van der Waals surface area contributed by atoms with Crippen LogP contribution in [0.5, 0.6) is 0 Å². The lowest BCUT2D eigenvalue weighted by atomic mass is 10.3. The van der Waals surface area contributed by atoms with Gasteiger partial charge in [0, 0.05) is 6.42 Å². The molecule has 1 heterocycles. The summed E-state index contributed by atoms with van der Waals surface area (Å²) < 4.78 is 0. The van der Waals surface area contributed by atoms with E-state index in [4.69, 9.17) is 0 Å². The molecule has 1 nitrogen and oxygen atoms in total. The number of hydrogen-bond donors (Lipinski definition) is 0. The van der Waals surface area contributed by atoms with Crippen LogP contribution >= 0.6 is 11.3 Å². The maximum Gasteiger partial charge on any atom is 0.0931 e. The minimum atomic E-state index is 0.985. The second-order valence-corrected chi connectivity index (χ2v) is 3.88. The van der Waals surface area contributed by atoms with Crippen LogP contribution in [-0.4, -0.2) is 4.98 Å². The molecular formula is C10H11NS. The molecule has 1 aliphatic rings. The van der Waals surface area contributed by atoms with Crippen LogP contribution in [0.2, 0.25) is 0 Å². The highest BCUT2D eigenvalue weighted by Gasteiger charge is 2.06. The van der Waals surface area contributed by atoms with Crippen molar-refractivity contribution in [3.63, 3.8) is 0 Å². The van der Waals surface area contributed by atoms with Gasteiger partial charge in [-0.25, -0.2) is 4.98 Å². The first-order valence-corrected chi connectivity index (χ1v) is 5.03. The molecule has 1 aliphatic carbocycles. The van der Waals surface area contributed by atoms with Crippen LogP contribution in [0.25, 0.3) is 6.08 Å². The lowest BCUT2D eigenvalue weighted by molar-refractivity contribution is 1.04. The molecule has 1 aromatic heterocycles. The van der Waals surface area contributed by atoms with E-state index in [0.717, 1.165) is 12.8 Å². The van der Waals surface area contributed by atoms with E-state index in [0.29, 0.717) is 0 Å². The summed E-state index contributed by atoms with van der Waals surface area (Å²) in [6.45, 7) is 2.15. The van der Waals surface area contributed by atoms with Gasteiger partial charge in [0.05, 0.1) is 15.6 Å². The third kappa shape index (κ3) is 1.34. The molecule has 0 aromatic carbocycles. The van der Waals surface area contributed by atoms with E-state index in [9.17, 15) is 0 Å². The summed E-state index contributed by atoms with van der Waals surface area (Å²) in [4.78, 5) is 5.88. The van der Waals surface area contributed by atoms with Crippen molar-refractivity contribution in [1.29, 1.82) is 0 Å². The van der Waals surface area contributed by atoms with Gasteiger partial charge >= 0.3 is 0 Å². The SMILES string of the molecule is CCc1nc2c(s1)C=CC=CC2. The zero-order chi connectivity index (χ0) is 8.39. The second-order valence-electron chi connectivity index (χ2n) is 2.76. The van der Waals surface area contributed by atoms with E-state index < -0.39 is 0 Å². The van der Waals surface area contributed by atoms with Gasteiger partial charge in [0.2, 0.25) is 0 Å². The third-order valence-corrected chi connectivity index (χ3v) is 3.09. The van der Waals surface area contributed by atoms with Gasteiger partial charge in [-0.1, -0.05) is 25.2 Å². The van der Waals surface area contributed by atoms with E-state index in [1.807, 2.05) is 11.3 Å². The van der Waals surface area contributed by atoms with Gasteiger partial charge in [-0.3, -0.25) is 0 Å². The number of nitrogens with zero attached hydrogens (tertiary/aromatic N) is 1. The van der Waals surface area contributed by atoms with Gasteiger partial charge in [-0.15, -0.1) is 11.3 Å². The summed E-state index contributed by atoms with van der Waals surface area (Å²) in [7, 11) is 0. The topological polar surface area (TPSA) is 12.9 Å². The predicted octanol–water partition coefficient (Wildman–Crippen LogP) is 2.83. The van der Waals surface area contributed by atoms with Crippen LogP contribution in [-0.2, 0) is 12.8 Å². The molecule has 62 valence electrons. The first kappa shape index (κ1) is 7.74. The fourth-order valence-corrected chi connectivity index (χ4v) is 2.19. The summed E-state index contributed by atoms with van der Waals surface area (Å²) in [6.07, 6.45) is 10.5. The Bertz CT molecular complexity index is 334. The van der Waals surface area contributed by atoms with Crippen molar-refractivity contribution >= 4 is 17.4 Å². The molecule has 0 N–H and O–H groups in total. The molecule has 0 radical (unpaired) electrons. The van der Waals surface area contributed by atoms with Crippen LogP contribution in [0.15, 0.2) is 18.2 Å². The standard InChI is InChI=1S/C10H11NS/c1-2-10-11-8-6-4-3-5-7-9(8)12-10/h3-5,7H,2,6H2,1H3. The molecule has 2 rings (SSSR count). The van der Waals surface area contributed by atoms with Crippen LogP contribution in [0.3, 0.4) is 0 Å². The zero-order valence-electron chi connectivity index (χ0n) is 7.08. The summed E-state index contributed by atoms with van der Waals surface area (Å²) in [6, 6.07) is 0. The van der Waals surface area contributed by atoms with Crippen molar-refractivity contribution in [2.45, 2.75) is 19.8 Å². The molecular weight excluding hydrogens is 166 g/mol. The molecule has 0 amide bonds. The first-order valence-electron chi connectivity index (χ1n) is 4.22. The molecule has 12 heavy (non-hydrogen) atoms. The molecule has 1 aromatic rings. The van der Waals surface area contributed by atoms with Crippen molar-refractivity contribution in [2.75, 3.05) is 0 Å². The monoisotopic (exact) mass is 177 g/mol. The Balaban J connectivity index is 2.42. The third-order valence-electron chi connectivity index (χ3n) is 1.88. The largest absolute Gasteiger partial charge is 0.245 e. The highest BCUT2D eigenvalue weighted by atomic mass is 32.1. The van der Waals surface area contributed by atoms with Crippen LogP contribution in [0.4, 0.5) is 0 Å². The van der Waals surface area contributed by atoms with Crippen molar-refractivity contribution in [1.82, 2.24) is 4.98 Å². The number of aryl methyl sites for hydroxylation is 1. The molecule has 0 saturated carbocycles. The molecule has 0 fully saturated rings. The number of aromatic nitrogens is 1. The second kappa shape index (κ2) is 3.23. The van der Waals surface area contributed by atoms with E-state index in [-0.39, 0.29) is 0 Å². The zero-order valence-corrected chi connectivity index (χ0v) is 7.90. The molecule has 0 bridgehead atoms. The van der Waals surface area contributed by atoms with Crippen molar-refractivity contribution in [2.24, 2.45) is 0 Å². The van der Waals surface area contributed by atoms with Crippen molar-refractivity contribution in [3.05, 3.63) is 33.8 Å². The fourth-order valence-electron chi connectivity index (χ4n) is 1.24. The molecule has 2 heteroatoms. The first-order chi connectivity index (χ1) is 5.90. The molecule has 0 atom stereocenters. The summed E-state index contributed by atoms with van der Waals surface area (Å²) >= 11 is 1.81. The normalized spacial score (nSPS) is 14.4. The van der Waals surface area contributed by atoms with Gasteiger partial charge in [0.15, 0.2) is 0 Å². The average Bonchev–Trinajstić information content (AvgIpc) is 2.37. The molecule has 0 spiro atoms. The summed E-state index contributed by atoms with van der Waals surface area (Å²) in [5, 5.41) is 1.25. The van der Waals surface area contributed by atoms with Crippen molar-refractivity contribution < 1.29 is 0 Å². The van der Waals surface area contributed by atoms with E-state index in [2.05, 4.69) is 36.2 Å². The Morgan fingerprint density at radius 2 is 2.42 bits per heavy atom. The molecule has 0 aliphatic heterocycles. The minimum absolute atomic E-state index is 0.985. The fraction of sp³-hybridized carbons (Fsp3) is 0.300. The Labute approximate surface area is 76.5 Å². The van der Waals surface area contributed by atoms with E-state index >= 15 is 0 Å².